The van der Waals surface area contributed by atoms with Gasteiger partial charge >= 0.3 is 0 Å². The summed E-state index contributed by atoms with van der Waals surface area (Å²) in [4.78, 5) is 1.19. The Hall–Kier alpha value is -2.12. The van der Waals surface area contributed by atoms with Crippen LogP contribution in [0.15, 0.2) is 53.4 Å². The van der Waals surface area contributed by atoms with Gasteiger partial charge in [-0.15, -0.1) is 11.8 Å². The maximum atomic E-state index is 8.97. The Balaban J connectivity index is 1.74. The first-order valence-electron chi connectivity index (χ1n) is 6.72. The number of hydrogen-bond donors (Lipinski definition) is 0. The van der Waals surface area contributed by atoms with Gasteiger partial charge in [-0.05, 0) is 36.8 Å². The molecule has 0 fully saturated rings. The molecule has 108 valence electrons. The van der Waals surface area contributed by atoms with E-state index in [1.807, 2.05) is 36.4 Å². The summed E-state index contributed by atoms with van der Waals surface area (Å²) in [6, 6.07) is 17.5. The molecule has 0 N–H and O–H groups in total. The Morgan fingerprint density at radius 1 is 1.14 bits per heavy atom. The summed E-state index contributed by atoms with van der Waals surface area (Å²) in [5, 5.41) is 8.97. The second-order valence-corrected chi connectivity index (χ2v) is 5.51. The lowest BCUT2D eigenvalue weighted by molar-refractivity contribution is 0.318. The third-order valence-electron chi connectivity index (χ3n) is 2.86. The Kier molecular flexibility index (Phi) is 5.99. The molecule has 0 heterocycles. The van der Waals surface area contributed by atoms with Crippen LogP contribution in [0.1, 0.15) is 12.0 Å². The zero-order valence-electron chi connectivity index (χ0n) is 11.9. The number of methoxy groups -OCH3 is 1. The molecule has 0 aliphatic heterocycles. The predicted octanol–water partition coefficient (Wildman–Crippen LogP) is 4.13. The molecule has 0 bridgehead atoms. The molecule has 0 spiro atoms. The summed E-state index contributed by atoms with van der Waals surface area (Å²) in [7, 11) is 1.67. The monoisotopic (exact) mass is 299 g/mol. The van der Waals surface area contributed by atoms with Gasteiger partial charge in [-0.3, -0.25) is 0 Å². The SMILES string of the molecule is COc1cccc(SCCCOc2ccccc2C#N)c1. The topological polar surface area (TPSA) is 42.2 Å². The highest BCUT2D eigenvalue weighted by Crippen LogP contribution is 2.23. The van der Waals surface area contributed by atoms with Crippen LogP contribution >= 0.6 is 11.8 Å². The van der Waals surface area contributed by atoms with Gasteiger partial charge in [0.1, 0.15) is 17.6 Å². The van der Waals surface area contributed by atoms with Crippen molar-refractivity contribution in [3.05, 3.63) is 54.1 Å². The summed E-state index contributed by atoms with van der Waals surface area (Å²) >= 11 is 1.77. The number of nitrogens with zero attached hydrogens (tertiary/aromatic N) is 1. The number of para-hydroxylation sites is 1. The first kappa shape index (κ1) is 15.3. The molecule has 0 atom stereocenters. The average Bonchev–Trinajstić information content (AvgIpc) is 2.55. The van der Waals surface area contributed by atoms with E-state index in [-0.39, 0.29) is 0 Å². The highest BCUT2D eigenvalue weighted by atomic mass is 32.2. The number of hydrogen-bond acceptors (Lipinski definition) is 4. The number of benzene rings is 2. The van der Waals surface area contributed by atoms with Gasteiger partial charge in [0, 0.05) is 10.6 Å². The first-order valence-corrected chi connectivity index (χ1v) is 7.71. The maximum absolute atomic E-state index is 8.97. The van der Waals surface area contributed by atoms with Gasteiger partial charge in [0.2, 0.25) is 0 Å². The molecular formula is C17H17NO2S. The molecule has 0 amide bonds. The van der Waals surface area contributed by atoms with Crippen LogP contribution < -0.4 is 9.47 Å². The Labute approximate surface area is 129 Å². The zero-order chi connectivity index (χ0) is 14.9. The summed E-state index contributed by atoms with van der Waals surface area (Å²) in [6.07, 6.45) is 0.918. The lowest BCUT2D eigenvalue weighted by atomic mass is 10.2. The third kappa shape index (κ3) is 4.73. The minimum atomic E-state index is 0.581. The van der Waals surface area contributed by atoms with E-state index in [4.69, 9.17) is 14.7 Å². The average molecular weight is 299 g/mol. The van der Waals surface area contributed by atoms with E-state index in [0.29, 0.717) is 17.9 Å². The highest BCUT2D eigenvalue weighted by molar-refractivity contribution is 7.99. The van der Waals surface area contributed by atoms with Crippen LogP contribution in [0.25, 0.3) is 0 Å². The molecule has 3 nitrogen and oxygen atoms in total. The molecule has 2 rings (SSSR count). The van der Waals surface area contributed by atoms with E-state index in [9.17, 15) is 0 Å². The van der Waals surface area contributed by atoms with Crippen LogP contribution in [0, 0.1) is 11.3 Å². The molecule has 2 aromatic carbocycles. The van der Waals surface area contributed by atoms with Gasteiger partial charge < -0.3 is 9.47 Å². The van der Waals surface area contributed by atoms with Crippen molar-refractivity contribution in [1.82, 2.24) is 0 Å². The number of nitriles is 1. The molecule has 0 radical (unpaired) electrons. The maximum Gasteiger partial charge on any atom is 0.137 e. The molecule has 0 aliphatic rings. The van der Waals surface area contributed by atoms with Crippen molar-refractivity contribution >= 4 is 11.8 Å². The van der Waals surface area contributed by atoms with Gasteiger partial charge in [0.05, 0.1) is 19.3 Å². The second-order valence-electron chi connectivity index (χ2n) is 4.34. The van der Waals surface area contributed by atoms with Crippen LogP contribution in [0.2, 0.25) is 0 Å². The summed E-state index contributed by atoms with van der Waals surface area (Å²) < 4.78 is 10.8. The molecule has 4 heteroatoms. The van der Waals surface area contributed by atoms with Crippen molar-refractivity contribution in [2.45, 2.75) is 11.3 Å². The summed E-state index contributed by atoms with van der Waals surface area (Å²) in [5.74, 6) is 2.49. The van der Waals surface area contributed by atoms with E-state index in [1.54, 1.807) is 24.9 Å². The quantitative estimate of drug-likeness (QED) is 0.569. The van der Waals surface area contributed by atoms with Gasteiger partial charge in [0.15, 0.2) is 0 Å². The fraction of sp³-hybridized carbons (Fsp3) is 0.235. The van der Waals surface area contributed by atoms with Gasteiger partial charge in [-0.2, -0.15) is 5.26 Å². The van der Waals surface area contributed by atoms with Crippen molar-refractivity contribution in [2.75, 3.05) is 19.5 Å². The minimum absolute atomic E-state index is 0.581. The summed E-state index contributed by atoms with van der Waals surface area (Å²) in [5.41, 5.74) is 0.581. The molecule has 2 aromatic rings. The Bertz CT molecular complexity index is 622. The van der Waals surface area contributed by atoms with E-state index >= 15 is 0 Å². The molecule has 0 saturated carbocycles. The van der Waals surface area contributed by atoms with E-state index in [1.165, 1.54) is 4.90 Å². The third-order valence-corrected chi connectivity index (χ3v) is 3.94. The standard InChI is InChI=1S/C17H17NO2S/c1-19-15-7-4-8-16(12-15)21-11-5-10-20-17-9-3-2-6-14(17)13-18/h2-4,6-9,12H,5,10-11H2,1H3. The first-order chi connectivity index (χ1) is 10.3. The van der Waals surface area contributed by atoms with Crippen LogP contribution in [-0.4, -0.2) is 19.5 Å². The van der Waals surface area contributed by atoms with E-state index < -0.39 is 0 Å². The molecule has 0 unspecified atom stereocenters. The number of thioether (sulfide) groups is 1. The lowest BCUT2D eigenvalue weighted by Crippen LogP contribution is -2.00. The smallest absolute Gasteiger partial charge is 0.137 e. The van der Waals surface area contributed by atoms with E-state index in [2.05, 4.69) is 12.1 Å². The zero-order valence-corrected chi connectivity index (χ0v) is 12.7. The van der Waals surface area contributed by atoms with Gasteiger partial charge in [0.25, 0.3) is 0 Å². The molecule has 0 saturated heterocycles. The predicted molar refractivity (Wildman–Crippen MR) is 85.0 cm³/mol. The Morgan fingerprint density at radius 3 is 2.81 bits per heavy atom. The Morgan fingerprint density at radius 2 is 2.00 bits per heavy atom. The number of ether oxygens (including phenoxy) is 2. The van der Waals surface area contributed by atoms with Crippen molar-refractivity contribution in [2.24, 2.45) is 0 Å². The highest BCUT2D eigenvalue weighted by Gasteiger charge is 2.01. The van der Waals surface area contributed by atoms with E-state index in [0.717, 1.165) is 17.9 Å². The van der Waals surface area contributed by atoms with Crippen LogP contribution in [0.5, 0.6) is 11.5 Å². The largest absolute Gasteiger partial charge is 0.497 e. The number of rotatable bonds is 7. The normalized spacial score (nSPS) is 9.90. The van der Waals surface area contributed by atoms with Gasteiger partial charge in [-0.1, -0.05) is 18.2 Å². The minimum Gasteiger partial charge on any atom is -0.497 e. The lowest BCUT2D eigenvalue weighted by Gasteiger charge is -2.07. The molecule has 0 aromatic heterocycles. The van der Waals surface area contributed by atoms with Crippen molar-refractivity contribution < 1.29 is 9.47 Å². The fourth-order valence-electron chi connectivity index (χ4n) is 1.81. The van der Waals surface area contributed by atoms with Crippen molar-refractivity contribution in [1.29, 1.82) is 5.26 Å². The second kappa shape index (κ2) is 8.23. The summed E-state index contributed by atoms with van der Waals surface area (Å²) in [6.45, 7) is 0.607. The van der Waals surface area contributed by atoms with Gasteiger partial charge in [-0.25, -0.2) is 0 Å². The fourth-order valence-corrected chi connectivity index (χ4v) is 2.68. The molecular weight excluding hydrogens is 282 g/mol. The van der Waals surface area contributed by atoms with Crippen LogP contribution in [0.4, 0.5) is 0 Å². The molecule has 0 aliphatic carbocycles. The van der Waals surface area contributed by atoms with Crippen molar-refractivity contribution in [3.63, 3.8) is 0 Å². The van der Waals surface area contributed by atoms with Crippen LogP contribution in [0.3, 0.4) is 0 Å². The van der Waals surface area contributed by atoms with Crippen LogP contribution in [-0.2, 0) is 0 Å². The molecule has 21 heavy (non-hydrogen) atoms. The van der Waals surface area contributed by atoms with Crippen molar-refractivity contribution in [3.8, 4) is 17.6 Å².